The summed E-state index contributed by atoms with van der Waals surface area (Å²) >= 11 is 4.86. The van der Waals surface area contributed by atoms with Gasteiger partial charge in [-0.2, -0.15) is 11.8 Å². The van der Waals surface area contributed by atoms with Crippen molar-refractivity contribution in [3.05, 3.63) is 34.1 Å². The highest BCUT2D eigenvalue weighted by Gasteiger charge is 2.28. The molecule has 1 aromatic rings. The molecule has 98 valence electrons. The Kier molecular flexibility index (Phi) is 4.67. The zero-order valence-electron chi connectivity index (χ0n) is 10.1. The van der Waals surface area contributed by atoms with Crippen LogP contribution in [-0.4, -0.2) is 23.5 Å². The van der Waals surface area contributed by atoms with Gasteiger partial charge in [-0.1, -0.05) is 12.5 Å². The van der Waals surface area contributed by atoms with Crippen LogP contribution >= 0.6 is 27.7 Å². The number of carbonyl (C=O) groups is 1. The molecule has 1 aliphatic carbocycles. The van der Waals surface area contributed by atoms with E-state index in [-0.39, 0.29) is 17.5 Å². The van der Waals surface area contributed by atoms with Crippen LogP contribution in [-0.2, 0) is 0 Å². The topological polar surface area (TPSA) is 29.1 Å². The van der Waals surface area contributed by atoms with Crippen molar-refractivity contribution >= 4 is 33.6 Å². The molecule has 0 radical (unpaired) electrons. The number of benzene rings is 1. The van der Waals surface area contributed by atoms with E-state index in [4.69, 9.17) is 0 Å². The third-order valence-electron chi connectivity index (χ3n) is 3.27. The fraction of sp³-hybridized carbons (Fsp3) is 0.462. The normalized spacial score (nSPS) is 23.1. The number of thioether (sulfide) groups is 1. The molecule has 0 aromatic heterocycles. The van der Waals surface area contributed by atoms with Crippen LogP contribution in [0.1, 0.15) is 29.6 Å². The van der Waals surface area contributed by atoms with Gasteiger partial charge in [-0.3, -0.25) is 4.79 Å². The first-order chi connectivity index (χ1) is 8.63. The molecular weight excluding hydrogens is 317 g/mol. The highest BCUT2D eigenvalue weighted by molar-refractivity contribution is 9.10. The third kappa shape index (κ3) is 2.88. The zero-order valence-corrected chi connectivity index (χ0v) is 12.5. The van der Waals surface area contributed by atoms with Crippen molar-refractivity contribution in [3.63, 3.8) is 0 Å². The molecule has 1 amide bonds. The summed E-state index contributed by atoms with van der Waals surface area (Å²) in [4.78, 5) is 12.1. The fourth-order valence-corrected chi connectivity index (χ4v) is 3.60. The second-order valence-electron chi connectivity index (χ2n) is 4.39. The van der Waals surface area contributed by atoms with Crippen LogP contribution in [0.2, 0.25) is 0 Å². The molecular formula is C13H15BrFNOS. The van der Waals surface area contributed by atoms with E-state index in [1.807, 2.05) is 0 Å². The van der Waals surface area contributed by atoms with Crippen LogP contribution in [0, 0.1) is 5.82 Å². The Morgan fingerprint density at radius 2 is 2.28 bits per heavy atom. The Morgan fingerprint density at radius 1 is 1.50 bits per heavy atom. The van der Waals surface area contributed by atoms with Crippen LogP contribution in [0.3, 0.4) is 0 Å². The highest BCUT2D eigenvalue weighted by Crippen LogP contribution is 2.29. The van der Waals surface area contributed by atoms with Crippen molar-refractivity contribution in [2.24, 2.45) is 0 Å². The van der Waals surface area contributed by atoms with Gasteiger partial charge in [0.1, 0.15) is 5.82 Å². The van der Waals surface area contributed by atoms with Gasteiger partial charge in [0.15, 0.2) is 0 Å². The SMILES string of the molecule is CSC1CCCC1NC(=O)c1cccc(Br)c1F. The average Bonchev–Trinajstić information content (AvgIpc) is 2.79. The van der Waals surface area contributed by atoms with Crippen molar-refractivity contribution in [1.29, 1.82) is 0 Å². The lowest BCUT2D eigenvalue weighted by molar-refractivity contribution is 0.0934. The van der Waals surface area contributed by atoms with Crippen molar-refractivity contribution in [2.45, 2.75) is 30.6 Å². The van der Waals surface area contributed by atoms with E-state index in [9.17, 15) is 9.18 Å². The van der Waals surface area contributed by atoms with Gasteiger partial charge in [0.25, 0.3) is 5.91 Å². The average molecular weight is 332 g/mol. The van der Waals surface area contributed by atoms with Crippen LogP contribution in [0.15, 0.2) is 22.7 Å². The quantitative estimate of drug-likeness (QED) is 0.916. The summed E-state index contributed by atoms with van der Waals surface area (Å²) in [6, 6.07) is 4.93. The van der Waals surface area contributed by atoms with Crippen molar-refractivity contribution < 1.29 is 9.18 Å². The number of rotatable bonds is 3. The molecule has 0 bridgehead atoms. The second-order valence-corrected chi connectivity index (χ2v) is 6.32. The summed E-state index contributed by atoms with van der Waals surface area (Å²) in [5.74, 6) is -0.812. The Hall–Kier alpha value is -0.550. The van der Waals surface area contributed by atoms with Gasteiger partial charge in [0, 0.05) is 11.3 Å². The van der Waals surface area contributed by atoms with Crippen molar-refractivity contribution in [1.82, 2.24) is 5.32 Å². The summed E-state index contributed by atoms with van der Waals surface area (Å²) in [6.07, 6.45) is 5.27. The second kappa shape index (κ2) is 6.06. The molecule has 1 fully saturated rings. The lowest BCUT2D eigenvalue weighted by atomic mass is 10.1. The first-order valence-corrected chi connectivity index (χ1v) is 7.99. The molecule has 1 aliphatic rings. The van der Waals surface area contributed by atoms with E-state index < -0.39 is 5.82 Å². The summed E-state index contributed by atoms with van der Waals surface area (Å²) in [6.45, 7) is 0. The summed E-state index contributed by atoms with van der Waals surface area (Å²) in [5, 5.41) is 3.39. The number of hydrogen-bond acceptors (Lipinski definition) is 2. The monoisotopic (exact) mass is 331 g/mol. The predicted octanol–water partition coefficient (Wildman–Crippen LogP) is 3.60. The minimum Gasteiger partial charge on any atom is -0.348 e. The van der Waals surface area contributed by atoms with E-state index in [1.165, 1.54) is 6.07 Å². The summed E-state index contributed by atoms with van der Waals surface area (Å²) < 4.78 is 14.1. The number of amides is 1. The summed E-state index contributed by atoms with van der Waals surface area (Å²) in [7, 11) is 0. The lowest BCUT2D eigenvalue weighted by Gasteiger charge is -2.19. The molecule has 0 spiro atoms. The molecule has 5 heteroatoms. The summed E-state index contributed by atoms with van der Waals surface area (Å²) in [5.41, 5.74) is 0.108. The largest absolute Gasteiger partial charge is 0.348 e. The van der Waals surface area contributed by atoms with Crippen molar-refractivity contribution in [3.8, 4) is 0 Å². The van der Waals surface area contributed by atoms with Gasteiger partial charge < -0.3 is 5.32 Å². The Morgan fingerprint density at radius 3 is 3.00 bits per heavy atom. The molecule has 0 heterocycles. The molecule has 18 heavy (non-hydrogen) atoms. The molecule has 0 aliphatic heterocycles. The van der Waals surface area contributed by atoms with Crippen molar-refractivity contribution in [2.75, 3.05) is 6.26 Å². The molecule has 2 rings (SSSR count). The number of carbonyl (C=O) groups excluding carboxylic acids is 1. The van der Waals surface area contributed by atoms with E-state index in [2.05, 4.69) is 27.5 Å². The standard InChI is InChI=1S/C13H15BrFNOS/c1-18-11-7-3-6-10(11)16-13(17)8-4-2-5-9(14)12(8)15/h2,4-5,10-11H,3,6-7H2,1H3,(H,16,17). The Labute approximate surface area is 119 Å². The predicted molar refractivity (Wildman–Crippen MR) is 76.5 cm³/mol. The molecule has 0 saturated heterocycles. The first-order valence-electron chi connectivity index (χ1n) is 5.91. The van der Waals surface area contributed by atoms with Gasteiger partial charge >= 0.3 is 0 Å². The van der Waals surface area contributed by atoms with E-state index >= 15 is 0 Å². The van der Waals surface area contributed by atoms with E-state index in [0.717, 1.165) is 19.3 Å². The molecule has 1 aromatic carbocycles. The molecule has 2 atom stereocenters. The number of hydrogen-bond donors (Lipinski definition) is 1. The first kappa shape index (κ1) is 13.9. The number of halogens is 2. The van der Waals surface area contributed by atoms with Gasteiger partial charge in [0.05, 0.1) is 10.0 Å². The Bertz CT molecular complexity index is 455. The minimum absolute atomic E-state index is 0.108. The lowest BCUT2D eigenvalue weighted by Crippen LogP contribution is -2.39. The van der Waals surface area contributed by atoms with Crippen LogP contribution in [0.5, 0.6) is 0 Å². The van der Waals surface area contributed by atoms with Gasteiger partial charge in [-0.05, 0) is 47.2 Å². The van der Waals surface area contributed by atoms with Crippen LogP contribution < -0.4 is 5.32 Å². The van der Waals surface area contributed by atoms with Crippen LogP contribution in [0.4, 0.5) is 4.39 Å². The third-order valence-corrected chi connectivity index (χ3v) is 5.05. The molecule has 2 nitrogen and oxygen atoms in total. The van der Waals surface area contributed by atoms with Gasteiger partial charge in [0.2, 0.25) is 0 Å². The van der Waals surface area contributed by atoms with E-state index in [0.29, 0.717) is 9.72 Å². The smallest absolute Gasteiger partial charge is 0.254 e. The fourth-order valence-electron chi connectivity index (χ4n) is 2.30. The maximum atomic E-state index is 13.8. The minimum atomic E-state index is -0.492. The van der Waals surface area contributed by atoms with E-state index in [1.54, 1.807) is 23.9 Å². The van der Waals surface area contributed by atoms with Gasteiger partial charge in [-0.25, -0.2) is 4.39 Å². The highest BCUT2D eigenvalue weighted by atomic mass is 79.9. The zero-order chi connectivity index (χ0) is 13.1. The Balaban J connectivity index is 2.10. The molecule has 1 N–H and O–H groups in total. The van der Waals surface area contributed by atoms with Crippen LogP contribution in [0.25, 0.3) is 0 Å². The maximum Gasteiger partial charge on any atom is 0.254 e. The molecule has 1 saturated carbocycles. The molecule has 2 unspecified atom stereocenters. The van der Waals surface area contributed by atoms with Gasteiger partial charge in [-0.15, -0.1) is 0 Å². The number of nitrogens with one attached hydrogen (secondary N) is 1. The maximum absolute atomic E-state index is 13.8.